The van der Waals surface area contributed by atoms with Crippen LogP contribution in [0.2, 0.25) is 5.02 Å². The van der Waals surface area contributed by atoms with E-state index in [1.165, 1.54) is 5.56 Å². The summed E-state index contributed by atoms with van der Waals surface area (Å²) in [5.41, 5.74) is 9.34. The van der Waals surface area contributed by atoms with Gasteiger partial charge in [-0.3, -0.25) is 4.90 Å². The molecule has 2 N–H and O–H groups in total. The number of halogens is 1. The molecule has 0 atom stereocenters. The molecule has 21 heavy (non-hydrogen) atoms. The molecule has 1 aliphatic rings. The fraction of sp³-hybridized carbons (Fsp3) is 0.294. The summed E-state index contributed by atoms with van der Waals surface area (Å²) < 4.78 is 0. The Hall–Kier alpha value is -1.71. The maximum atomic E-state index is 6.06. The van der Waals surface area contributed by atoms with Gasteiger partial charge in [0.1, 0.15) is 0 Å². The molecule has 0 saturated carbocycles. The van der Waals surface area contributed by atoms with Crippen molar-refractivity contribution in [2.24, 2.45) is 0 Å². The molecule has 3 nitrogen and oxygen atoms in total. The molecule has 0 amide bonds. The van der Waals surface area contributed by atoms with Crippen LogP contribution in [0.15, 0.2) is 48.5 Å². The number of benzene rings is 2. The molecule has 2 aromatic rings. The monoisotopic (exact) mass is 301 g/mol. The fourth-order valence-corrected chi connectivity index (χ4v) is 3.03. The molecule has 1 fully saturated rings. The summed E-state index contributed by atoms with van der Waals surface area (Å²) in [7, 11) is 0. The minimum absolute atomic E-state index is 0.809. The van der Waals surface area contributed by atoms with E-state index in [9.17, 15) is 0 Å². The van der Waals surface area contributed by atoms with E-state index in [4.69, 9.17) is 17.3 Å². The van der Waals surface area contributed by atoms with Crippen LogP contribution in [0.4, 0.5) is 11.4 Å². The lowest BCUT2D eigenvalue weighted by molar-refractivity contribution is 0.250. The van der Waals surface area contributed by atoms with Gasteiger partial charge in [-0.1, -0.05) is 35.9 Å². The number of piperazine rings is 1. The van der Waals surface area contributed by atoms with E-state index in [0.29, 0.717) is 0 Å². The fourth-order valence-electron chi connectivity index (χ4n) is 2.82. The van der Waals surface area contributed by atoms with Crippen LogP contribution >= 0.6 is 11.6 Å². The van der Waals surface area contributed by atoms with E-state index in [1.54, 1.807) is 0 Å². The minimum atomic E-state index is 0.809. The molecule has 0 spiro atoms. The van der Waals surface area contributed by atoms with E-state index >= 15 is 0 Å². The Morgan fingerprint density at radius 2 is 1.71 bits per heavy atom. The van der Waals surface area contributed by atoms with Crippen molar-refractivity contribution in [3.63, 3.8) is 0 Å². The van der Waals surface area contributed by atoms with E-state index in [0.717, 1.165) is 49.1 Å². The van der Waals surface area contributed by atoms with Gasteiger partial charge >= 0.3 is 0 Å². The summed E-state index contributed by atoms with van der Waals surface area (Å²) in [6.07, 6.45) is 0. The number of rotatable bonds is 3. The molecule has 0 aliphatic carbocycles. The molecule has 0 radical (unpaired) electrons. The largest absolute Gasteiger partial charge is 0.397 e. The minimum Gasteiger partial charge on any atom is -0.397 e. The van der Waals surface area contributed by atoms with Crippen molar-refractivity contribution in [1.29, 1.82) is 0 Å². The highest BCUT2D eigenvalue weighted by atomic mass is 35.5. The van der Waals surface area contributed by atoms with E-state index in [1.807, 2.05) is 36.4 Å². The summed E-state index contributed by atoms with van der Waals surface area (Å²) in [5, 5.41) is 0.809. The number of hydrogen-bond donors (Lipinski definition) is 1. The third-order valence-electron chi connectivity index (χ3n) is 3.94. The first-order valence-corrected chi connectivity index (χ1v) is 7.66. The predicted octanol–water partition coefficient (Wildman–Crippen LogP) is 3.24. The average molecular weight is 302 g/mol. The third kappa shape index (κ3) is 3.49. The Kier molecular flexibility index (Phi) is 4.32. The average Bonchev–Trinajstić information content (AvgIpc) is 2.49. The van der Waals surface area contributed by atoms with Gasteiger partial charge in [0.2, 0.25) is 0 Å². The summed E-state index contributed by atoms with van der Waals surface area (Å²) in [5.74, 6) is 0. The number of para-hydroxylation sites is 2. The molecule has 2 aromatic carbocycles. The van der Waals surface area contributed by atoms with Gasteiger partial charge in [0.05, 0.1) is 11.4 Å². The van der Waals surface area contributed by atoms with E-state index in [-0.39, 0.29) is 0 Å². The van der Waals surface area contributed by atoms with Gasteiger partial charge in [0, 0.05) is 37.7 Å². The first kappa shape index (κ1) is 14.2. The Balaban J connectivity index is 1.59. The standard InChI is InChI=1S/C17H20ClN3/c18-15-5-3-4-14(12-15)13-20-8-10-21(11-9-20)17-7-2-1-6-16(17)19/h1-7,12H,8-11,13,19H2. The third-order valence-corrected chi connectivity index (χ3v) is 4.18. The maximum Gasteiger partial charge on any atom is 0.0600 e. The van der Waals surface area contributed by atoms with Gasteiger partial charge in [-0.15, -0.1) is 0 Å². The van der Waals surface area contributed by atoms with Crippen molar-refractivity contribution in [3.05, 3.63) is 59.1 Å². The summed E-state index contributed by atoms with van der Waals surface area (Å²) in [4.78, 5) is 4.82. The molecule has 0 bridgehead atoms. The predicted molar refractivity (Wildman–Crippen MR) is 89.8 cm³/mol. The highest BCUT2D eigenvalue weighted by molar-refractivity contribution is 6.30. The zero-order valence-electron chi connectivity index (χ0n) is 12.0. The Morgan fingerprint density at radius 1 is 0.952 bits per heavy atom. The second-order valence-electron chi connectivity index (χ2n) is 5.45. The quantitative estimate of drug-likeness (QED) is 0.883. The summed E-state index contributed by atoms with van der Waals surface area (Å²) in [6.45, 7) is 5.06. The summed E-state index contributed by atoms with van der Waals surface area (Å²) in [6, 6.07) is 16.2. The van der Waals surface area contributed by atoms with Crippen LogP contribution in [0.5, 0.6) is 0 Å². The van der Waals surface area contributed by atoms with Gasteiger partial charge in [0.15, 0.2) is 0 Å². The Morgan fingerprint density at radius 3 is 2.43 bits per heavy atom. The van der Waals surface area contributed by atoms with Gasteiger partial charge in [0.25, 0.3) is 0 Å². The number of nitrogen functional groups attached to an aromatic ring is 1. The Labute approximate surface area is 130 Å². The lowest BCUT2D eigenvalue weighted by atomic mass is 10.2. The van der Waals surface area contributed by atoms with Gasteiger partial charge in [-0.2, -0.15) is 0 Å². The zero-order chi connectivity index (χ0) is 14.7. The van der Waals surface area contributed by atoms with Crippen molar-refractivity contribution >= 4 is 23.0 Å². The molecule has 3 rings (SSSR count). The Bertz CT molecular complexity index is 606. The van der Waals surface area contributed by atoms with Crippen molar-refractivity contribution in [2.45, 2.75) is 6.54 Å². The van der Waals surface area contributed by atoms with Crippen LogP contribution in [0, 0.1) is 0 Å². The van der Waals surface area contributed by atoms with E-state index in [2.05, 4.69) is 21.9 Å². The van der Waals surface area contributed by atoms with Gasteiger partial charge in [-0.25, -0.2) is 0 Å². The van der Waals surface area contributed by atoms with Crippen LogP contribution in [-0.2, 0) is 6.54 Å². The normalized spacial score (nSPS) is 16.1. The second-order valence-corrected chi connectivity index (χ2v) is 5.89. The highest BCUT2D eigenvalue weighted by Gasteiger charge is 2.18. The van der Waals surface area contributed by atoms with Gasteiger partial charge < -0.3 is 10.6 Å². The molecule has 1 saturated heterocycles. The van der Waals surface area contributed by atoms with Crippen LogP contribution in [0.25, 0.3) is 0 Å². The molecule has 0 unspecified atom stereocenters. The van der Waals surface area contributed by atoms with Crippen molar-refractivity contribution in [2.75, 3.05) is 36.8 Å². The highest BCUT2D eigenvalue weighted by Crippen LogP contribution is 2.24. The number of nitrogens with zero attached hydrogens (tertiary/aromatic N) is 2. The molecule has 1 aliphatic heterocycles. The molecular weight excluding hydrogens is 282 g/mol. The number of anilines is 2. The SMILES string of the molecule is Nc1ccccc1N1CCN(Cc2cccc(Cl)c2)CC1. The lowest BCUT2D eigenvalue weighted by Crippen LogP contribution is -2.46. The first-order valence-electron chi connectivity index (χ1n) is 7.28. The van der Waals surface area contributed by atoms with Crippen LogP contribution in [0.1, 0.15) is 5.56 Å². The molecule has 0 aromatic heterocycles. The zero-order valence-corrected chi connectivity index (χ0v) is 12.8. The lowest BCUT2D eigenvalue weighted by Gasteiger charge is -2.36. The van der Waals surface area contributed by atoms with Crippen LogP contribution < -0.4 is 10.6 Å². The first-order chi connectivity index (χ1) is 10.2. The van der Waals surface area contributed by atoms with E-state index < -0.39 is 0 Å². The smallest absolute Gasteiger partial charge is 0.0600 e. The van der Waals surface area contributed by atoms with Crippen LogP contribution in [-0.4, -0.2) is 31.1 Å². The topological polar surface area (TPSA) is 32.5 Å². The summed E-state index contributed by atoms with van der Waals surface area (Å²) >= 11 is 6.04. The van der Waals surface area contributed by atoms with Crippen LogP contribution in [0.3, 0.4) is 0 Å². The molecule has 4 heteroatoms. The van der Waals surface area contributed by atoms with Gasteiger partial charge in [-0.05, 0) is 29.8 Å². The van der Waals surface area contributed by atoms with Crippen molar-refractivity contribution < 1.29 is 0 Å². The second kappa shape index (κ2) is 6.37. The number of hydrogen-bond acceptors (Lipinski definition) is 3. The molecular formula is C17H20ClN3. The van der Waals surface area contributed by atoms with Crippen molar-refractivity contribution in [3.8, 4) is 0 Å². The molecule has 1 heterocycles. The number of nitrogens with two attached hydrogens (primary N) is 1. The maximum absolute atomic E-state index is 6.06. The van der Waals surface area contributed by atoms with Crippen molar-refractivity contribution in [1.82, 2.24) is 4.90 Å². The molecule has 110 valence electrons.